The summed E-state index contributed by atoms with van der Waals surface area (Å²) in [5, 5.41) is 22.1. The predicted molar refractivity (Wildman–Crippen MR) is 103 cm³/mol. The van der Waals surface area contributed by atoms with E-state index in [0.29, 0.717) is 12.8 Å². The quantitative estimate of drug-likeness (QED) is 0.628. The smallest absolute Gasteiger partial charge is 0.326 e. The van der Waals surface area contributed by atoms with Crippen molar-refractivity contribution in [2.24, 2.45) is 5.92 Å². The van der Waals surface area contributed by atoms with E-state index >= 15 is 0 Å². The van der Waals surface area contributed by atoms with Crippen molar-refractivity contribution in [2.75, 3.05) is 0 Å². The van der Waals surface area contributed by atoms with Crippen LogP contribution in [0.5, 0.6) is 0 Å². The monoisotopic (exact) mass is 388 g/mol. The Kier molecular flexibility index (Phi) is 6.34. The van der Waals surface area contributed by atoms with Crippen LogP contribution in [0.1, 0.15) is 44.6 Å². The summed E-state index contributed by atoms with van der Waals surface area (Å²) in [5.41, 5.74) is 1.04. The third-order valence-corrected chi connectivity index (χ3v) is 6.07. The van der Waals surface area contributed by atoms with E-state index < -0.39 is 30.1 Å². The van der Waals surface area contributed by atoms with Gasteiger partial charge < -0.3 is 15.1 Å². The first-order valence-electron chi connectivity index (χ1n) is 9.96. The zero-order chi connectivity index (χ0) is 20.3. The number of fused-ring (bicyclic) bond motifs is 3. The Morgan fingerprint density at radius 1 is 1.11 bits per heavy atom. The first-order valence-corrected chi connectivity index (χ1v) is 9.96. The third kappa shape index (κ3) is 4.35. The second-order valence-corrected chi connectivity index (χ2v) is 7.90. The average molecular weight is 388 g/mol. The van der Waals surface area contributed by atoms with E-state index in [9.17, 15) is 24.6 Å². The van der Waals surface area contributed by atoms with Gasteiger partial charge in [0, 0.05) is 6.04 Å². The number of carboxylic acids is 2. The molecule has 1 aliphatic carbocycles. The molecule has 0 aromatic heterocycles. The fraction of sp³-hybridized carbons (Fsp3) is 0.571. The number of carbonyl (C=O) groups is 3. The fourth-order valence-electron chi connectivity index (χ4n) is 4.62. The molecule has 0 unspecified atom stereocenters. The molecule has 2 saturated heterocycles. The Hall–Kier alpha value is -2.41. The average Bonchev–Trinajstić information content (AvgIpc) is 2.70. The molecule has 0 spiro atoms. The molecule has 3 N–H and O–H groups in total. The SMILES string of the molecule is C[C@H](N[C@@H](CCc1ccccc1)C(=O)O)C(=O)N1C2CCC(CC2)[C@H]1C(=O)O. The highest BCUT2D eigenvalue weighted by Crippen LogP contribution is 2.40. The van der Waals surface area contributed by atoms with E-state index in [1.54, 1.807) is 6.92 Å². The lowest BCUT2D eigenvalue weighted by molar-refractivity contribution is -0.164. The Morgan fingerprint density at radius 2 is 1.75 bits per heavy atom. The zero-order valence-corrected chi connectivity index (χ0v) is 16.1. The number of hydrogen-bond donors (Lipinski definition) is 3. The number of aryl methyl sites for hydroxylation is 1. The number of amides is 1. The molecule has 1 saturated carbocycles. The molecule has 1 aromatic carbocycles. The number of carbonyl (C=O) groups excluding carboxylic acids is 1. The fourth-order valence-corrected chi connectivity index (χ4v) is 4.62. The molecule has 3 atom stereocenters. The van der Waals surface area contributed by atoms with Crippen molar-refractivity contribution in [3.63, 3.8) is 0 Å². The summed E-state index contributed by atoms with van der Waals surface area (Å²) in [7, 11) is 0. The first kappa shape index (κ1) is 20.3. The molecule has 1 amide bonds. The second-order valence-electron chi connectivity index (χ2n) is 7.90. The van der Waals surface area contributed by atoms with Crippen molar-refractivity contribution in [1.29, 1.82) is 0 Å². The Morgan fingerprint density at radius 3 is 2.32 bits per heavy atom. The number of rotatable bonds is 8. The van der Waals surface area contributed by atoms with Crippen LogP contribution in [0.2, 0.25) is 0 Å². The van der Waals surface area contributed by atoms with Crippen molar-refractivity contribution in [2.45, 2.75) is 69.6 Å². The summed E-state index contributed by atoms with van der Waals surface area (Å²) in [4.78, 5) is 38.0. The molecule has 0 radical (unpaired) electrons. The highest BCUT2D eigenvalue weighted by Gasteiger charge is 2.48. The predicted octanol–water partition coefficient (Wildman–Crippen LogP) is 1.90. The third-order valence-electron chi connectivity index (χ3n) is 6.07. The van der Waals surface area contributed by atoms with Gasteiger partial charge in [0.2, 0.25) is 5.91 Å². The van der Waals surface area contributed by atoms with E-state index in [4.69, 9.17) is 0 Å². The van der Waals surface area contributed by atoms with E-state index in [0.717, 1.165) is 31.2 Å². The summed E-state index contributed by atoms with van der Waals surface area (Å²) in [6.45, 7) is 1.63. The van der Waals surface area contributed by atoms with Crippen molar-refractivity contribution in [3.05, 3.63) is 35.9 Å². The van der Waals surface area contributed by atoms with Crippen LogP contribution in [0.3, 0.4) is 0 Å². The summed E-state index contributed by atoms with van der Waals surface area (Å²) in [5.74, 6) is -2.29. The van der Waals surface area contributed by atoms with Crippen LogP contribution in [0.15, 0.2) is 30.3 Å². The molecule has 3 fully saturated rings. The van der Waals surface area contributed by atoms with Gasteiger partial charge in [0.15, 0.2) is 0 Å². The maximum Gasteiger partial charge on any atom is 0.326 e. The van der Waals surface area contributed by atoms with Gasteiger partial charge >= 0.3 is 11.9 Å². The Labute approximate surface area is 164 Å². The number of piperidine rings is 2. The molecule has 2 aliphatic heterocycles. The van der Waals surface area contributed by atoms with Gasteiger partial charge in [0.05, 0.1) is 6.04 Å². The van der Waals surface area contributed by atoms with Crippen LogP contribution in [-0.4, -0.2) is 57.1 Å². The first-order chi connectivity index (χ1) is 13.4. The molecule has 7 nitrogen and oxygen atoms in total. The molecular formula is C21H28N2O5. The van der Waals surface area contributed by atoms with Crippen molar-refractivity contribution in [1.82, 2.24) is 10.2 Å². The number of benzene rings is 1. The Bertz CT molecular complexity index is 715. The van der Waals surface area contributed by atoms with Gasteiger partial charge in [0.1, 0.15) is 12.1 Å². The normalized spacial score (nSPS) is 25.9. The topological polar surface area (TPSA) is 107 Å². The van der Waals surface area contributed by atoms with Crippen LogP contribution in [0.4, 0.5) is 0 Å². The van der Waals surface area contributed by atoms with E-state index in [1.807, 2.05) is 30.3 Å². The molecular weight excluding hydrogens is 360 g/mol. The highest BCUT2D eigenvalue weighted by molar-refractivity contribution is 5.88. The number of hydrogen-bond acceptors (Lipinski definition) is 4. The maximum atomic E-state index is 13.0. The highest BCUT2D eigenvalue weighted by atomic mass is 16.4. The van der Waals surface area contributed by atoms with Gasteiger partial charge in [-0.1, -0.05) is 30.3 Å². The number of nitrogens with one attached hydrogen (secondary N) is 1. The van der Waals surface area contributed by atoms with Crippen molar-refractivity contribution in [3.8, 4) is 0 Å². The summed E-state index contributed by atoms with van der Waals surface area (Å²) in [6, 6.07) is 7.12. The Balaban J connectivity index is 1.65. The van der Waals surface area contributed by atoms with Crippen LogP contribution in [0, 0.1) is 5.92 Å². The molecule has 4 rings (SSSR count). The van der Waals surface area contributed by atoms with Gasteiger partial charge in [-0.2, -0.15) is 0 Å². The van der Waals surface area contributed by atoms with Gasteiger partial charge in [0.25, 0.3) is 0 Å². The number of carboxylic acid groups (broad SMARTS) is 2. The summed E-state index contributed by atoms with van der Waals surface area (Å²) >= 11 is 0. The van der Waals surface area contributed by atoms with Gasteiger partial charge in [-0.3, -0.25) is 14.9 Å². The van der Waals surface area contributed by atoms with E-state index in [-0.39, 0.29) is 17.9 Å². The standard InChI is InChI=1S/C21H28N2O5/c1-13(22-17(20(25)26)12-7-14-5-3-2-4-6-14)19(24)23-16-10-8-15(9-11-16)18(23)21(27)28/h2-6,13,15-18,22H,7-12H2,1H3,(H,25,26)(H,27,28)/t13-,15?,16?,17-,18-/m0/s1. The summed E-state index contributed by atoms with van der Waals surface area (Å²) < 4.78 is 0. The second kappa shape index (κ2) is 8.73. The summed E-state index contributed by atoms with van der Waals surface area (Å²) in [6.07, 6.45) is 4.25. The van der Waals surface area contributed by atoms with Crippen molar-refractivity contribution >= 4 is 17.8 Å². The minimum absolute atomic E-state index is 0.00741. The molecule has 28 heavy (non-hydrogen) atoms. The lowest BCUT2D eigenvalue weighted by Crippen LogP contribution is -2.64. The van der Waals surface area contributed by atoms with Crippen LogP contribution < -0.4 is 5.32 Å². The van der Waals surface area contributed by atoms with Gasteiger partial charge in [-0.15, -0.1) is 0 Å². The largest absolute Gasteiger partial charge is 0.480 e. The minimum atomic E-state index is -1.01. The van der Waals surface area contributed by atoms with E-state index in [2.05, 4.69) is 5.32 Å². The van der Waals surface area contributed by atoms with Crippen LogP contribution in [0.25, 0.3) is 0 Å². The van der Waals surface area contributed by atoms with Gasteiger partial charge in [-0.05, 0) is 56.9 Å². The lowest BCUT2D eigenvalue weighted by Gasteiger charge is -2.50. The minimum Gasteiger partial charge on any atom is -0.480 e. The lowest BCUT2D eigenvalue weighted by atomic mass is 9.74. The van der Waals surface area contributed by atoms with Crippen LogP contribution in [-0.2, 0) is 20.8 Å². The maximum absolute atomic E-state index is 13.0. The van der Waals surface area contributed by atoms with E-state index in [1.165, 1.54) is 4.90 Å². The number of nitrogens with zero attached hydrogens (tertiary/aromatic N) is 1. The molecule has 2 bridgehead atoms. The van der Waals surface area contributed by atoms with Crippen LogP contribution >= 0.6 is 0 Å². The van der Waals surface area contributed by atoms with Gasteiger partial charge in [-0.25, -0.2) is 4.79 Å². The molecule has 1 aromatic rings. The molecule has 152 valence electrons. The number of aliphatic carboxylic acids is 2. The zero-order valence-electron chi connectivity index (χ0n) is 16.1. The molecule has 7 heteroatoms. The molecule has 3 aliphatic rings. The molecule has 2 heterocycles. The van der Waals surface area contributed by atoms with Crippen molar-refractivity contribution < 1.29 is 24.6 Å².